The van der Waals surface area contributed by atoms with Crippen LogP contribution in [0.1, 0.15) is 184 Å². The van der Waals surface area contributed by atoms with E-state index < -0.39 is 102 Å². The fourth-order valence-corrected chi connectivity index (χ4v) is 8.86. The second-order valence-corrected chi connectivity index (χ2v) is 21.2. The number of benzene rings is 1. The molecule has 1 heterocycles. The molecule has 8 amide bonds. The van der Waals surface area contributed by atoms with Crippen LogP contribution in [-0.2, 0) is 59.0 Å². The number of likely N-dealkylation sites (tertiary alicyclic amines) is 1. The van der Waals surface area contributed by atoms with Gasteiger partial charge in [-0.15, -0.1) is 0 Å². The number of unbranched alkanes of at least 4 members (excludes halogenated alkanes) is 9. The molecule has 20 heteroatoms. The van der Waals surface area contributed by atoms with Gasteiger partial charge in [-0.3, -0.25) is 43.2 Å². The Morgan fingerprint density at radius 2 is 1.13 bits per heavy atom. The molecule has 78 heavy (non-hydrogen) atoms. The number of amides is 8. The summed E-state index contributed by atoms with van der Waals surface area (Å²) in [6.45, 7) is 19.5. The number of nitrogens with one attached hydrogen (secondary N) is 7. The summed E-state index contributed by atoms with van der Waals surface area (Å²) in [7, 11) is 1.29. The van der Waals surface area contributed by atoms with Gasteiger partial charge in [-0.05, 0) is 96.3 Å². The van der Waals surface area contributed by atoms with Crippen molar-refractivity contribution in [2.24, 2.45) is 5.92 Å². The summed E-state index contributed by atoms with van der Waals surface area (Å²) in [6.07, 6.45) is 11.7. The molecule has 0 spiro atoms. The average Bonchev–Trinajstić information content (AvgIpc) is 3.91. The third-order valence-corrected chi connectivity index (χ3v) is 13.8. The molecule has 3 unspecified atom stereocenters. The molecule has 1 aromatic rings. The standard InChI is InChI=1S/C58H98N8O12/c1-12-16-20-21-22-23-24-27-48(67)62-45(36-38(5)6)54(71)65-50(42(10)77-34-18-14-3)58(75)66-32-25-26-47(66)55(72)64-49(41(9)76-33-17-13-2)56(73)61-40(8)52(69)63-46(53(70)60-39(7)51(68)57(74)59-11)37-43-28-30-44(31-29-43)78-35-19-15-4/h28-31,38-42,45-47,49-50H,12-27,32-37H2,1-11H3,(H,59,74)(H,60,70)(H,61,73)(H,62,67)(H,63,69)(H,64,72)(H,65,71)/t39?,40-,41?,42?,45-,46-,47+,49-,50-/m0/s1. The van der Waals surface area contributed by atoms with Crippen molar-refractivity contribution in [2.75, 3.05) is 33.4 Å². The lowest BCUT2D eigenvalue weighted by Crippen LogP contribution is -2.62. The first-order chi connectivity index (χ1) is 37.2. The SMILES string of the molecule is CCCCCCCCCC(=O)N[C@@H](CC(C)C)C(=O)N[C@H](C(=O)N1CCC[C@@H]1C(=O)N[C@H](C(=O)N[C@@H](C)C(=O)N[C@@H](Cc1ccc(OCCCC)cc1)C(=O)NC(C)C(=O)C(=O)NC)C(C)OCCCC)C(C)OCCCC. The van der Waals surface area contributed by atoms with Crippen molar-refractivity contribution in [3.63, 3.8) is 0 Å². The molecule has 1 aliphatic heterocycles. The molecular formula is C58H98N8O12. The molecule has 0 saturated carbocycles. The molecule has 20 nitrogen and oxygen atoms in total. The van der Waals surface area contributed by atoms with Gasteiger partial charge in [0, 0.05) is 39.6 Å². The monoisotopic (exact) mass is 1100 g/mol. The highest BCUT2D eigenvalue weighted by Gasteiger charge is 2.42. The number of hydrogen-bond donors (Lipinski definition) is 7. The largest absolute Gasteiger partial charge is 0.494 e. The van der Waals surface area contributed by atoms with E-state index >= 15 is 0 Å². The maximum absolute atomic E-state index is 14.8. The van der Waals surface area contributed by atoms with Crippen molar-refractivity contribution < 1.29 is 57.4 Å². The van der Waals surface area contributed by atoms with E-state index in [0.29, 0.717) is 56.6 Å². The van der Waals surface area contributed by atoms with Gasteiger partial charge in [0.25, 0.3) is 5.91 Å². The minimum absolute atomic E-state index is 0.0331. The summed E-state index contributed by atoms with van der Waals surface area (Å²) in [5.74, 6) is -5.41. The van der Waals surface area contributed by atoms with Crippen LogP contribution in [0.3, 0.4) is 0 Å². The van der Waals surface area contributed by atoms with Crippen LogP contribution >= 0.6 is 0 Å². The number of rotatable bonds is 40. The predicted molar refractivity (Wildman–Crippen MR) is 300 cm³/mol. The third kappa shape index (κ3) is 25.0. The fourth-order valence-electron chi connectivity index (χ4n) is 8.86. The van der Waals surface area contributed by atoms with Gasteiger partial charge in [-0.2, -0.15) is 0 Å². The molecule has 0 aliphatic carbocycles. The molecule has 1 aromatic carbocycles. The predicted octanol–water partition coefficient (Wildman–Crippen LogP) is 5.26. The Hall–Kier alpha value is -5.63. The van der Waals surface area contributed by atoms with Crippen LogP contribution in [0.5, 0.6) is 5.75 Å². The molecule has 1 saturated heterocycles. The number of ether oxygens (including phenoxy) is 3. The maximum Gasteiger partial charge on any atom is 0.289 e. The summed E-state index contributed by atoms with van der Waals surface area (Å²) < 4.78 is 17.9. The molecule has 1 fully saturated rings. The molecule has 2 rings (SSSR count). The topological polar surface area (TPSA) is 269 Å². The van der Waals surface area contributed by atoms with Gasteiger partial charge in [0.1, 0.15) is 42.0 Å². The van der Waals surface area contributed by atoms with E-state index in [2.05, 4.69) is 51.1 Å². The highest BCUT2D eigenvalue weighted by molar-refractivity contribution is 6.38. The number of hydrogen-bond acceptors (Lipinski definition) is 12. The smallest absolute Gasteiger partial charge is 0.289 e. The Balaban J connectivity index is 2.37. The molecule has 0 radical (unpaired) electrons. The summed E-state index contributed by atoms with van der Waals surface area (Å²) in [4.78, 5) is 125. The second-order valence-electron chi connectivity index (χ2n) is 21.2. The van der Waals surface area contributed by atoms with E-state index in [-0.39, 0.29) is 44.2 Å². The van der Waals surface area contributed by atoms with Gasteiger partial charge in [0.2, 0.25) is 47.1 Å². The number of ketones is 1. The lowest BCUT2D eigenvalue weighted by molar-refractivity contribution is -0.146. The fraction of sp³-hybridized carbons (Fsp3) is 0.741. The van der Waals surface area contributed by atoms with Crippen LogP contribution in [0.15, 0.2) is 24.3 Å². The normalized spacial score (nSPS) is 16.3. The molecule has 0 bridgehead atoms. The van der Waals surface area contributed by atoms with Gasteiger partial charge in [-0.25, -0.2) is 0 Å². The summed E-state index contributed by atoms with van der Waals surface area (Å²) in [5, 5.41) is 18.8. The van der Waals surface area contributed by atoms with E-state index in [1.807, 2.05) is 27.7 Å². The van der Waals surface area contributed by atoms with Crippen LogP contribution in [0, 0.1) is 5.92 Å². The van der Waals surface area contributed by atoms with Gasteiger partial charge >= 0.3 is 0 Å². The third-order valence-electron chi connectivity index (χ3n) is 13.8. The average molecular weight is 1100 g/mol. The number of carbonyl (C=O) groups is 9. The van der Waals surface area contributed by atoms with Gasteiger partial charge in [0.15, 0.2) is 0 Å². The highest BCUT2D eigenvalue weighted by Crippen LogP contribution is 2.22. The Morgan fingerprint density at radius 3 is 1.72 bits per heavy atom. The second kappa shape index (κ2) is 38.1. The molecule has 7 N–H and O–H groups in total. The van der Waals surface area contributed by atoms with E-state index in [0.717, 1.165) is 51.4 Å². The Bertz CT molecular complexity index is 2020. The van der Waals surface area contributed by atoms with Crippen molar-refractivity contribution >= 4 is 53.0 Å². The van der Waals surface area contributed by atoms with Crippen LogP contribution in [0.4, 0.5) is 0 Å². The van der Waals surface area contributed by atoms with E-state index in [9.17, 15) is 43.2 Å². The van der Waals surface area contributed by atoms with Gasteiger partial charge in [-0.1, -0.05) is 111 Å². The van der Waals surface area contributed by atoms with Crippen molar-refractivity contribution in [1.82, 2.24) is 42.1 Å². The van der Waals surface area contributed by atoms with Gasteiger partial charge < -0.3 is 56.3 Å². The Labute approximate surface area is 465 Å². The zero-order valence-electron chi connectivity index (χ0n) is 49.0. The summed E-state index contributed by atoms with van der Waals surface area (Å²) in [6, 6.07) is -1.35. The number of carbonyl (C=O) groups excluding carboxylic acids is 9. The van der Waals surface area contributed by atoms with Crippen LogP contribution in [0.25, 0.3) is 0 Å². The van der Waals surface area contributed by atoms with Crippen LogP contribution in [0.2, 0.25) is 0 Å². The minimum atomic E-state index is -1.36. The Kier molecular flexibility index (Phi) is 33.4. The quantitative estimate of drug-likeness (QED) is 0.0328. The highest BCUT2D eigenvalue weighted by atomic mass is 16.5. The van der Waals surface area contributed by atoms with Crippen molar-refractivity contribution in [3.8, 4) is 5.75 Å². The van der Waals surface area contributed by atoms with Crippen LogP contribution < -0.4 is 42.0 Å². The first-order valence-corrected chi connectivity index (χ1v) is 29.1. The zero-order chi connectivity index (χ0) is 58.2. The number of nitrogens with zero attached hydrogens (tertiary/aromatic N) is 1. The van der Waals surface area contributed by atoms with E-state index in [1.54, 1.807) is 38.1 Å². The maximum atomic E-state index is 14.8. The number of Topliss-reactive ketones (excluding diaryl/α,β-unsaturated/α-hetero) is 1. The molecular weight excluding hydrogens is 1000 g/mol. The first-order valence-electron chi connectivity index (χ1n) is 29.1. The zero-order valence-corrected chi connectivity index (χ0v) is 49.0. The Morgan fingerprint density at radius 1 is 0.577 bits per heavy atom. The lowest BCUT2D eigenvalue weighted by Gasteiger charge is -2.33. The minimum Gasteiger partial charge on any atom is -0.494 e. The molecule has 1 aliphatic rings. The molecule has 0 aromatic heterocycles. The van der Waals surface area contributed by atoms with Gasteiger partial charge in [0.05, 0.1) is 24.9 Å². The van der Waals surface area contributed by atoms with E-state index in [1.165, 1.54) is 38.6 Å². The number of likely N-dealkylation sites (N-methyl/N-ethyl adjacent to an activating group) is 1. The van der Waals surface area contributed by atoms with Crippen LogP contribution in [-0.4, -0.2) is 146 Å². The molecule has 442 valence electrons. The lowest BCUT2D eigenvalue weighted by atomic mass is 10.0. The first kappa shape index (κ1) is 68.5. The summed E-state index contributed by atoms with van der Waals surface area (Å²) >= 11 is 0. The van der Waals surface area contributed by atoms with Crippen molar-refractivity contribution in [1.29, 1.82) is 0 Å². The van der Waals surface area contributed by atoms with Crippen molar-refractivity contribution in [3.05, 3.63) is 29.8 Å². The van der Waals surface area contributed by atoms with Crippen molar-refractivity contribution in [2.45, 2.75) is 239 Å². The summed E-state index contributed by atoms with van der Waals surface area (Å²) in [5.41, 5.74) is 0.640. The van der Waals surface area contributed by atoms with E-state index in [4.69, 9.17) is 14.2 Å². The molecule has 9 atom stereocenters.